The standard InChI is InChI=1S/C20H17NO2/c21-13-5-10-20(22)23-19-14-17-8-2-1-6-15(17)11-12-16-7-3-4-9-18(16)19/h1-4,6-9,14H,5,10,13,21H2/b17-14?,19-14+,19-18?. The summed E-state index contributed by atoms with van der Waals surface area (Å²) in [5.41, 5.74) is 8.99. The van der Waals surface area contributed by atoms with Crippen LogP contribution >= 0.6 is 0 Å². The zero-order valence-electron chi connectivity index (χ0n) is 12.7. The first kappa shape index (κ1) is 15.1. The zero-order chi connectivity index (χ0) is 16.1. The highest BCUT2D eigenvalue weighted by atomic mass is 16.5. The molecule has 0 aromatic heterocycles. The Morgan fingerprint density at radius 1 is 1.00 bits per heavy atom. The molecule has 0 amide bonds. The van der Waals surface area contributed by atoms with Crippen LogP contribution in [0, 0.1) is 11.8 Å². The zero-order valence-corrected chi connectivity index (χ0v) is 12.7. The summed E-state index contributed by atoms with van der Waals surface area (Å²) in [6.07, 6.45) is 2.80. The Bertz CT molecular complexity index is 825. The lowest BCUT2D eigenvalue weighted by Crippen LogP contribution is -2.08. The maximum atomic E-state index is 12.0. The summed E-state index contributed by atoms with van der Waals surface area (Å²) in [5.74, 6) is 6.60. The molecule has 3 nitrogen and oxygen atoms in total. The van der Waals surface area contributed by atoms with Crippen LogP contribution in [-0.2, 0) is 9.53 Å². The van der Waals surface area contributed by atoms with Crippen LogP contribution in [0.25, 0.3) is 11.8 Å². The summed E-state index contributed by atoms with van der Waals surface area (Å²) in [4.78, 5) is 12.0. The highest BCUT2D eigenvalue weighted by Crippen LogP contribution is 2.26. The van der Waals surface area contributed by atoms with E-state index in [0.29, 0.717) is 25.1 Å². The number of hydrogen-bond donors (Lipinski definition) is 1. The second kappa shape index (κ2) is 6.95. The third-order valence-electron chi connectivity index (χ3n) is 3.58. The first-order valence-electron chi connectivity index (χ1n) is 7.61. The number of benzene rings is 2. The van der Waals surface area contributed by atoms with Crippen LogP contribution in [0.15, 0.2) is 48.5 Å². The molecule has 2 aromatic rings. The highest BCUT2D eigenvalue weighted by Gasteiger charge is 2.14. The minimum atomic E-state index is -0.275. The molecule has 0 saturated heterocycles. The molecule has 0 heterocycles. The van der Waals surface area contributed by atoms with E-state index >= 15 is 0 Å². The monoisotopic (exact) mass is 303 g/mol. The molecule has 1 aliphatic rings. The second-order valence-corrected chi connectivity index (χ2v) is 5.26. The number of carbonyl (C=O) groups is 1. The Kier molecular flexibility index (Phi) is 4.56. The van der Waals surface area contributed by atoms with Gasteiger partial charge in [-0.1, -0.05) is 42.2 Å². The van der Waals surface area contributed by atoms with Gasteiger partial charge in [-0.25, -0.2) is 0 Å². The van der Waals surface area contributed by atoms with Gasteiger partial charge >= 0.3 is 5.97 Å². The molecule has 3 rings (SSSR count). The normalized spacial score (nSPS) is 14.0. The second-order valence-electron chi connectivity index (χ2n) is 5.26. The van der Waals surface area contributed by atoms with Crippen molar-refractivity contribution in [3.05, 3.63) is 70.8 Å². The molecule has 0 unspecified atom stereocenters. The molecule has 23 heavy (non-hydrogen) atoms. The number of hydrogen-bond acceptors (Lipinski definition) is 3. The fourth-order valence-electron chi connectivity index (χ4n) is 2.40. The van der Waals surface area contributed by atoms with Gasteiger partial charge in [0.25, 0.3) is 0 Å². The van der Waals surface area contributed by atoms with Crippen molar-refractivity contribution >= 4 is 17.8 Å². The van der Waals surface area contributed by atoms with E-state index in [1.54, 1.807) is 0 Å². The maximum Gasteiger partial charge on any atom is 0.311 e. The van der Waals surface area contributed by atoms with Crippen molar-refractivity contribution in [2.24, 2.45) is 5.73 Å². The van der Waals surface area contributed by atoms with Gasteiger partial charge in [0.2, 0.25) is 0 Å². The van der Waals surface area contributed by atoms with Crippen LogP contribution in [0.4, 0.5) is 0 Å². The van der Waals surface area contributed by atoms with Crippen LogP contribution in [0.1, 0.15) is 35.1 Å². The van der Waals surface area contributed by atoms with Gasteiger partial charge in [-0.3, -0.25) is 4.79 Å². The van der Waals surface area contributed by atoms with Crippen molar-refractivity contribution in [1.29, 1.82) is 0 Å². The molecule has 0 radical (unpaired) electrons. The van der Waals surface area contributed by atoms with E-state index in [1.165, 1.54) is 0 Å². The molecule has 1 aliphatic carbocycles. The van der Waals surface area contributed by atoms with Gasteiger partial charge in [0.15, 0.2) is 0 Å². The molecule has 0 spiro atoms. The van der Waals surface area contributed by atoms with Gasteiger partial charge in [-0.2, -0.15) is 0 Å². The smallest absolute Gasteiger partial charge is 0.311 e. The third-order valence-corrected chi connectivity index (χ3v) is 3.58. The molecule has 0 aliphatic heterocycles. The van der Waals surface area contributed by atoms with Gasteiger partial charge in [-0.05, 0) is 42.8 Å². The number of carbonyl (C=O) groups excluding carboxylic acids is 1. The van der Waals surface area contributed by atoms with Crippen molar-refractivity contribution in [3.63, 3.8) is 0 Å². The van der Waals surface area contributed by atoms with Gasteiger partial charge in [0.1, 0.15) is 5.76 Å². The van der Waals surface area contributed by atoms with Crippen molar-refractivity contribution in [2.75, 3.05) is 6.54 Å². The topological polar surface area (TPSA) is 52.3 Å². The molecular weight excluding hydrogens is 286 g/mol. The van der Waals surface area contributed by atoms with Crippen LogP contribution in [0.2, 0.25) is 0 Å². The van der Waals surface area contributed by atoms with E-state index in [4.69, 9.17) is 10.5 Å². The Labute approximate surface area is 135 Å². The van der Waals surface area contributed by atoms with Crippen LogP contribution in [0.3, 0.4) is 0 Å². The minimum absolute atomic E-state index is 0.275. The average Bonchev–Trinajstić information content (AvgIpc) is 2.57. The molecular formula is C20H17NO2. The molecule has 0 fully saturated rings. The molecule has 3 heteroatoms. The third kappa shape index (κ3) is 3.50. The summed E-state index contributed by atoms with van der Waals surface area (Å²) in [7, 11) is 0. The Hall–Kier alpha value is -2.83. The lowest BCUT2D eigenvalue weighted by molar-refractivity contribution is -0.136. The van der Waals surface area contributed by atoms with E-state index in [9.17, 15) is 4.79 Å². The molecule has 0 atom stereocenters. The lowest BCUT2D eigenvalue weighted by atomic mass is 9.99. The predicted octanol–water partition coefficient (Wildman–Crippen LogP) is 3.18. The largest absolute Gasteiger partial charge is 0.426 e. The number of nitrogens with two attached hydrogens (primary N) is 1. The Morgan fingerprint density at radius 2 is 1.70 bits per heavy atom. The Morgan fingerprint density at radius 3 is 2.52 bits per heavy atom. The first-order chi connectivity index (χ1) is 11.3. The molecule has 114 valence electrons. The van der Waals surface area contributed by atoms with Crippen LogP contribution < -0.4 is 5.73 Å². The van der Waals surface area contributed by atoms with Crippen molar-refractivity contribution < 1.29 is 9.53 Å². The van der Waals surface area contributed by atoms with Crippen molar-refractivity contribution in [2.45, 2.75) is 12.8 Å². The van der Waals surface area contributed by atoms with E-state index in [1.807, 2.05) is 54.6 Å². The summed E-state index contributed by atoms with van der Waals surface area (Å²) in [5, 5.41) is 0. The van der Waals surface area contributed by atoms with Gasteiger partial charge in [0.05, 0.1) is 0 Å². The maximum absolute atomic E-state index is 12.0. The number of fused-ring (bicyclic) bond motifs is 2. The van der Waals surface area contributed by atoms with E-state index in [-0.39, 0.29) is 5.97 Å². The summed E-state index contributed by atoms with van der Waals surface area (Å²) in [6, 6.07) is 15.5. The fraction of sp³-hybridized carbons (Fsp3) is 0.150. The fourth-order valence-corrected chi connectivity index (χ4v) is 2.40. The quantitative estimate of drug-likeness (QED) is 0.697. The number of rotatable bonds is 4. The van der Waals surface area contributed by atoms with E-state index in [0.717, 1.165) is 22.3 Å². The van der Waals surface area contributed by atoms with E-state index < -0.39 is 0 Å². The molecule has 2 N–H and O–H groups in total. The van der Waals surface area contributed by atoms with E-state index in [2.05, 4.69) is 11.8 Å². The predicted molar refractivity (Wildman–Crippen MR) is 91.1 cm³/mol. The Balaban J connectivity index is 2.04. The highest BCUT2D eigenvalue weighted by molar-refractivity contribution is 5.88. The van der Waals surface area contributed by atoms with Gasteiger partial charge in [0, 0.05) is 23.1 Å². The minimum Gasteiger partial charge on any atom is -0.426 e. The lowest BCUT2D eigenvalue weighted by Gasteiger charge is -2.13. The molecule has 2 aromatic carbocycles. The summed E-state index contributed by atoms with van der Waals surface area (Å²) < 4.78 is 5.61. The molecule has 0 bridgehead atoms. The van der Waals surface area contributed by atoms with Crippen LogP contribution in [-0.4, -0.2) is 12.5 Å². The van der Waals surface area contributed by atoms with Crippen molar-refractivity contribution in [3.8, 4) is 11.8 Å². The summed E-state index contributed by atoms with van der Waals surface area (Å²) in [6.45, 7) is 0.471. The van der Waals surface area contributed by atoms with Gasteiger partial charge < -0.3 is 10.5 Å². The number of ether oxygens (including phenoxy) is 1. The van der Waals surface area contributed by atoms with Gasteiger partial charge in [-0.15, -0.1) is 0 Å². The van der Waals surface area contributed by atoms with Crippen molar-refractivity contribution in [1.82, 2.24) is 0 Å². The molecule has 0 saturated carbocycles. The van der Waals surface area contributed by atoms with Crippen LogP contribution in [0.5, 0.6) is 0 Å². The first-order valence-corrected chi connectivity index (χ1v) is 7.61. The summed E-state index contributed by atoms with van der Waals surface area (Å²) >= 11 is 0. The number of esters is 1. The average molecular weight is 303 g/mol. The SMILES string of the molecule is NCCCC(=O)O/C1=C/c2ccccc2C#Cc2ccccc21.